The molecule has 0 amide bonds. The first kappa shape index (κ1) is 17.7. The van der Waals surface area contributed by atoms with Gasteiger partial charge in [-0.05, 0) is 36.5 Å². The van der Waals surface area contributed by atoms with E-state index in [1.165, 1.54) is 5.56 Å². The van der Waals surface area contributed by atoms with Crippen molar-refractivity contribution in [1.29, 1.82) is 0 Å². The highest BCUT2D eigenvalue weighted by molar-refractivity contribution is 5.15. The first-order chi connectivity index (χ1) is 12.8. The Bertz CT molecular complexity index is 669. The number of rotatable bonds is 6. The predicted molar refractivity (Wildman–Crippen MR) is 102 cm³/mol. The first-order valence-corrected chi connectivity index (χ1v) is 9.72. The van der Waals surface area contributed by atoms with Crippen LogP contribution in [0.2, 0.25) is 0 Å². The maximum atomic E-state index is 6.23. The van der Waals surface area contributed by atoms with Crippen LogP contribution in [0.1, 0.15) is 30.4 Å². The van der Waals surface area contributed by atoms with Gasteiger partial charge in [-0.1, -0.05) is 36.4 Å². The number of hydrogen-bond acceptors (Lipinski definition) is 4. The number of nitrogens with zero attached hydrogens (tertiary/aromatic N) is 2. The monoisotopic (exact) mass is 352 g/mol. The highest BCUT2D eigenvalue weighted by Crippen LogP contribution is 2.37. The average Bonchev–Trinajstić information content (AvgIpc) is 3.10. The number of aromatic nitrogens is 1. The van der Waals surface area contributed by atoms with Gasteiger partial charge in [0.1, 0.15) is 0 Å². The van der Waals surface area contributed by atoms with Crippen LogP contribution in [-0.2, 0) is 22.5 Å². The van der Waals surface area contributed by atoms with Crippen LogP contribution in [-0.4, -0.2) is 47.8 Å². The smallest absolute Gasteiger partial charge is 0.0840 e. The second kappa shape index (κ2) is 8.30. The molecule has 0 aliphatic carbocycles. The molecule has 3 heterocycles. The lowest BCUT2D eigenvalue weighted by molar-refractivity contribution is -0.0453. The third-order valence-corrected chi connectivity index (χ3v) is 5.71. The van der Waals surface area contributed by atoms with Gasteiger partial charge in [-0.25, -0.2) is 0 Å². The third-order valence-electron chi connectivity index (χ3n) is 5.71. The molecular formula is C22H28N2O2. The van der Waals surface area contributed by atoms with Gasteiger partial charge in [0.15, 0.2) is 0 Å². The van der Waals surface area contributed by atoms with Gasteiger partial charge in [0.05, 0.1) is 24.9 Å². The molecule has 1 atom stereocenters. The first-order valence-electron chi connectivity index (χ1n) is 9.72. The lowest BCUT2D eigenvalue weighted by Gasteiger charge is -2.38. The Balaban J connectivity index is 1.20. The Labute approximate surface area is 156 Å². The maximum Gasteiger partial charge on any atom is 0.0840 e. The van der Waals surface area contributed by atoms with E-state index in [2.05, 4.69) is 46.3 Å². The number of hydrogen-bond donors (Lipinski definition) is 0. The van der Waals surface area contributed by atoms with Crippen LogP contribution in [0, 0.1) is 0 Å². The van der Waals surface area contributed by atoms with Crippen LogP contribution < -0.4 is 0 Å². The highest BCUT2D eigenvalue weighted by atomic mass is 16.6. The van der Waals surface area contributed by atoms with E-state index in [1.54, 1.807) is 6.20 Å². The van der Waals surface area contributed by atoms with Crippen molar-refractivity contribution in [1.82, 2.24) is 9.88 Å². The van der Waals surface area contributed by atoms with Crippen molar-refractivity contribution in [3.05, 3.63) is 66.0 Å². The Morgan fingerprint density at radius 3 is 2.65 bits per heavy atom. The molecule has 0 N–H and O–H groups in total. The van der Waals surface area contributed by atoms with Gasteiger partial charge in [0, 0.05) is 38.4 Å². The summed E-state index contributed by atoms with van der Waals surface area (Å²) in [6.07, 6.45) is 8.28. The van der Waals surface area contributed by atoms with E-state index in [1.807, 2.05) is 12.3 Å². The van der Waals surface area contributed by atoms with Gasteiger partial charge in [-0.2, -0.15) is 0 Å². The van der Waals surface area contributed by atoms with E-state index in [0.29, 0.717) is 6.61 Å². The normalized spacial score (nSPS) is 22.7. The number of benzene rings is 1. The summed E-state index contributed by atoms with van der Waals surface area (Å²) < 4.78 is 12.3. The fraction of sp³-hybridized carbons (Fsp3) is 0.500. The van der Waals surface area contributed by atoms with Crippen molar-refractivity contribution in [2.75, 3.05) is 26.2 Å². The second-order valence-electron chi connectivity index (χ2n) is 7.57. The molecule has 2 aromatic rings. The number of pyridine rings is 1. The van der Waals surface area contributed by atoms with E-state index in [4.69, 9.17) is 9.47 Å². The molecule has 0 radical (unpaired) electrons. The molecule has 4 heteroatoms. The minimum absolute atomic E-state index is 0.0445. The molecule has 1 spiro atoms. The van der Waals surface area contributed by atoms with Crippen LogP contribution in [0.3, 0.4) is 0 Å². The molecule has 0 saturated carbocycles. The summed E-state index contributed by atoms with van der Waals surface area (Å²) in [7, 11) is 0. The van der Waals surface area contributed by atoms with E-state index in [0.717, 1.165) is 57.5 Å². The van der Waals surface area contributed by atoms with Gasteiger partial charge >= 0.3 is 0 Å². The highest BCUT2D eigenvalue weighted by Gasteiger charge is 2.42. The van der Waals surface area contributed by atoms with E-state index in [-0.39, 0.29) is 11.7 Å². The van der Waals surface area contributed by atoms with Crippen LogP contribution in [0.5, 0.6) is 0 Å². The summed E-state index contributed by atoms with van der Waals surface area (Å²) in [5.41, 5.74) is 2.60. The van der Waals surface area contributed by atoms with Crippen LogP contribution >= 0.6 is 0 Å². The van der Waals surface area contributed by atoms with Gasteiger partial charge in [0.25, 0.3) is 0 Å². The topological polar surface area (TPSA) is 34.6 Å². The van der Waals surface area contributed by atoms with Crippen LogP contribution in [0.4, 0.5) is 0 Å². The van der Waals surface area contributed by atoms with Crippen molar-refractivity contribution in [3.8, 4) is 0 Å². The fourth-order valence-corrected chi connectivity index (χ4v) is 4.07. The summed E-state index contributed by atoms with van der Waals surface area (Å²) in [6.45, 7) is 4.75. The third kappa shape index (κ3) is 4.50. The molecular weight excluding hydrogens is 324 g/mol. The zero-order chi connectivity index (χ0) is 17.7. The standard InChI is InChI=1S/C22H28N2O2/c1-2-5-19(6-3-1)8-12-24-13-9-22(10-14-24)15-21(18-26-22)25-17-20-7-4-11-23-16-20/h1-7,11,16,21H,8-10,12-15,17-18H2/t21-/m0/s1. The van der Waals surface area contributed by atoms with Crippen molar-refractivity contribution in [2.24, 2.45) is 0 Å². The lowest BCUT2D eigenvalue weighted by atomic mass is 9.88. The van der Waals surface area contributed by atoms with E-state index < -0.39 is 0 Å². The molecule has 2 aliphatic rings. The molecule has 4 rings (SSSR count). The zero-order valence-corrected chi connectivity index (χ0v) is 15.3. The molecule has 1 aromatic carbocycles. The molecule has 0 unspecified atom stereocenters. The minimum atomic E-state index is 0.0445. The van der Waals surface area contributed by atoms with E-state index >= 15 is 0 Å². The Morgan fingerprint density at radius 1 is 1.08 bits per heavy atom. The molecule has 2 aliphatic heterocycles. The summed E-state index contributed by atoms with van der Waals surface area (Å²) in [6, 6.07) is 14.8. The van der Waals surface area contributed by atoms with Crippen molar-refractivity contribution in [2.45, 2.75) is 44.0 Å². The SMILES string of the molecule is c1ccc(CCN2CCC3(CC2)C[C@H](OCc2cccnc2)CO3)cc1. The summed E-state index contributed by atoms with van der Waals surface area (Å²) >= 11 is 0. The summed E-state index contributed by atoms with van der Waals surface area (Å²) in [4.78, 5) is 6.72. The summed E-state index contributed by atoms with van der Waals surface area (Å²) in [5.74, 6) is 0. The fourth-order valence-electron chi connectivity index (χ4n) is 4.07. The number of ether oxygens (including phenoxy) is 2. The van der Waals surface area contributed by atoms with E-state index in [9.17, 15) is 0 Å². The predicted octanol–water partition coefficient (Wildman–Crippen LogP) is 3.46. The summed E-state index contributed by atoms with van der Waals surface area (Å²) in [5, 5.41) is 0. The molecule has 1 aromatic heterocycles. The van der Waals surface area contributed by atoms with Crippen molar-refractivity contribution < 1.29 is 9.47 Å². The largest absolute Gasteiger partial charge is 0.372 e. The molecule has 4 nitrogen and oxygen atoms in total. The maximum absolute atomic E-state index is 6.23. The quantitative estimate of drug-likeness (QED) is 0.797. The minimum Gasteiger partial charge on any atom is -0.372 e. The molecule has 2 fully saturated rings. The van der Waals surface area contributed by atoms with Crippen molar-refractivity contribution in [3.63, 3.8) is 0 Å². The Morgan fingerprint density at radius 2 is 1.88 bits per heavy atom. The Hall–Kier alpha value is -1.75. The molecule has 138 valence electrons. The van der Waals surface area contributed by atoms with Crippen LogP contribution in [0.15, 0.2) is 54.9 Å². The van der Waals surface area contributed by atoms with Crippen molar-refractivity contribution >= 4 is 0 Å². The number of piperidine rings is 1. The zero-order valence-electron chi connectivity index (χ0n) is 15.3. The molecule has 2 saturated heterocycles. The number of likely N-dealkylation sites (tertiary alicyclic amines) is 1. The van der Waals surface area contributed by atoms with Gasteiger partial charge in [-0.3, -0.25) is 4.98 Å². The lowest BCUT2D eigenvalue weighted by Crippen LogP contribution is -2.44. The molecule has 26 heavy (non-hydrogen) atoms. The van der Waals surface area contributed by atoms with Gasteiger partial charge in [0.2, 0.25) is 0 Å². The van der Waals surface area contributed by atoms with Gasteiger partial charge in [-0.15, -0.1) is 0 Å². The average molecular weight is 352 g/mol. The molecule has 0 bridgehead atoms. The van der Waals surface area contributed by atoms with Crippen LogP contribution in [0.25, 0.3) is 0 Å². The van der Waals surface area contributed by atoms with Gasteiger partial charge < -0.3 is 14.4 Å². The Kier molecular flexibility index (Phi) is 5.63. The second-order valence-corrected chi connectivity index (χ2v) is 7.57.